The third-order valence-corrected chi connectivity index (χ3v) is 2.61. The quantitative estimate of drug-likeness (QED) is 0.713. The van der Waals surface area contributed by atoms with Crippen LogP contribution in [0.4, 0.5) is 5.69 Å². The number of hydrogen-bond acceptors (Lipinski definition) is 3. The Kier molecular flexibility index (Phi) is 5.45. The van der Waals surface area contributed by atoms with Crippen molar-refractivity contribution in [3.8, 4) is 0 Å². The van der Waals surface area contributed by atoms with Gasteiger partial charge in [-0.1, -0.05) is 13.0 Å². The Morgan fingerprint density at radius 3 is 2.94 bits per heavy atom. The third-order valence-electron chi connectivity index (χ3n) is 2.61. The molecule has 0 aliphatic rings. The van der Waals surface area contributed by atoms with Gasteiger partial charge >= 0.3 is 0 Å². The maximum atomic E-state index is 12.3. The SMILES string of the molecule is C=CCN(CCO)C(=O)c1cc(N)cn1CCC. The molecule has 5 heteroatoms. The summed E-state index contributed by atoms with van der Waals surface area (Å²) in [4.78, 5) is 13.9. The minimum atomic E-state index is -0.130. The highest BCUT2D eigenvalue weighted by molar-refractivity contribution is 5.94. The van der Waals surface area contributed by atoms with Crippen LogP contribution in [0.25, 0.3) is 0 Å². The molecule has 0 saturated heterocycles. The van der Waals surface area contributed by atoms with Crippen molar-refractivity contribution in [2.24, 2.45) is 0 Å². The largest absolute Gasteiger partial charge is 0.397 e. The first kappa shape index (κ1) is 14.3. The second-order valence-electron chi connectivity index (χ2n) is 4.12. The molecule has 5 nitrogen and oxygen atoms in total. The van der Waals surface area contributed by atoms with Crippen LogP contribution in [0.3, 0.4) is 0 Å². The zero-order chi connectivity index (χ0) is 13.5. The van der Waals surface area contributed by atoms with Crippen molar-refractivity contribution in [3.63, 3.8) is 0 Å². The number of aromatic nitrogens is 1. The van der Waals surface area contributed by atoms with Gasteiger partial charge in [0, 0.05) is 25.8 Å². The second kappa shape index (κ2) is 6.86. The van der Waals surface area contributed by atoms with Gasteiger partial charge in [0.1, 0.15) is 5.69 Å². The first-order valence-electron chi connectivity index (χ1n) is 6.10. The number of aryl methyl sites for hydroxylation is 1. The van der Waals surface area contributed by atoms with E-state index in [1.165, 1.54) is 0 Å². The Labute approximate surface area is 108 Å². The van der Waals surface area contributed by atoms with Crippen molar-refractivity contribution in [2.45, 2.75) is 19.9 Å². The van der Waals surface area contributed by atoms with Crippen molar-refractivity contribution in [3.05, 3.63) is 30.6 Å². The van der Waals surface area contributed by atoms with Gasteiger partial charge in [0.15, 0.2) is 0 Å². The highest BCUT2D eigenvalue weighted by Crippen LogP contribution is 2.14. The van der Waals surface area contributed by atoms with E-state index in [9.17, 15) is 4.79 Å². The number of hydrogen-bond donors (Lipinski definition) is 2. The maximum absolute atomic E-state index is 12.3. The highest BCUT2D eigenvalue weighted by atomic mass is 16.3. The topological polar surface area (TPSA) is 71.5 Å². The average molecular weight is 251 g/mol. The van der Waals surface area contributed by atoms with Crippen molar-refractivity contribution in [1.82, 2.24) is 9.47 Å². The number of nitrogens with zero attached hydrogens (tertiary/aromatic N) is 2. The smallest absolute Gasteiger partial charge is 0.270 e. The normalized spacial score (nSPS) is 10.3. The van der Waals surface area contributed by atoms with Gasteiger partial charge in [0.05, 0.1) is 12.3 Å². The number of aliphatic hydroxyl groups excluding tert-OH is 1. The Bertz CT molecular complexity index is 412. The standard InChI is InChI=1S/C13H21N3O2/c1-3-5-15(7-8-17)13(18)12-9-11(14)10-16(12)6-4-2/h3,9-10,17H,1,4-8,14H2,2H3. The van der Waals surface area contributed by atoms with Crippen LogP contribution in [-0.2, 0) is 6.54 Å². The summed E-state index contributed by atoms with van der Waals surface area (Å²) in [6.45, 7) is 7.05. The zero-order valence-corrected chi connectivity index (χ0v) is 10.8. The molecule has 0 aliphatic carbocycles. The lowest BCUT2D eigenvalue weighted by atomic mass is 10.3. The van der Waals surface area contributed by atoms with E-state index < -0.39 is 0 Å². The third kappa shape index (κ3) is 3.37. The van der Waals surface area contributed by atoms with Crippen LogP contribution in [0, 0.1) is 0 Å². The van der Waals surface area contributed by atoms with Crippen LogP contribution in [0.15, 0.2) is 24.9 Å². The van der Waals surface area contributed by atoms with Gasteiger partial charge in [-0.05, 0) is 12.5 Å². The van der Waals surface area contributed by atoms with Gasteiger partial charge in [-0.2, -0.15) is 0 Å². The van der Waals surface area contributed by atoms with Crippen molar-refractivity contribution >= 4 is 11.6 Å². The molecule has 1 aromatic heterocycles. The van der Waals surface area contributed by atoms with Gasteiger partial charge in [-0.15, -0.1) is 6.58 Å². The fraction of sp³-hybridized carbons (Fsp3) is 0.462. The molecule has 1 heterocycles. The van der Waals surface area contributed by atoms with E-state index in [2.05, 4.69) is 6.58 Å². The van der Waals surface area contributed by atoms with Gasteiger partial charge in [0.25, 0.3) is 5.91 Å². The minimum Gasteiger partial charge on any atom is -0.397 e. The second-order valence-corrected chi connectivity index (χ2v) is 4.12. The van der Waals surface area contributed by atoms with Crippen LogP contribution < -0.4 is 5.73 Å². The summed E-state index contributed by atoms with van der Waals surface area (Å²) in [5, 5.41) is 8.98. The number of amides is 1. The lowest BCUT2D eigenvalue weighted by Gasteiger charge is -2.20. The molecule has 0 aliphatic heterocycles. The number of rotatable bonds is 7. The number of anilines is 1. The Hall–Kier alpha value is -1.75. The molecule has 0 aromatic carbocycles. The van der Waals surface area contributed by atoms with Gasteiger partial charge in [0.2, 0.25) is 0 Å². The summed E-state index contributed by atoms with van der Waals surface area (Å²) in [6, 6.07) is 1.67. The van der Waals surface area contributed by atoms with Crippen LogP contribution in [-0.4, -0.2) is 40.2 Å². The summed E-state index contributed by atoms with van der Waals surface area (Å²) < 4.78 is 1.85. The minimum absolute atomic E-state index is 0.0659. The van der Waals surface area contributed by atoms with Crippen molar-refractivity contribution in [1.29, 1.82) is 0 Å². The summed E-state index contributed by atoms with van der Waals surface area (Å²) in [6.07, 6.45) is 4.33. The Morgan fingerprint density at radius 1 is 1.67 bits per heavy atom. The first-order valence-corrected chi connectivity index (χ1v) is 6.10. The van der Waals surface area contributed by atoms with Crippen LogP contribution in [0.5, 0.6) is 0 Å². The molecule has 3 N–H and O–H groups in total. The van der Waals surface area contributed by atoms with E-state index in [0.29, 0.717) is 24.5 Å². The average Bonchev–Trinajstić information content (AvgIpc) is 2.70. The van der Waals surface area contributed by atoms with E-state index in [1.54, 1.807) is 23.2 Å². The Balaban J connectivity index is 2.95. The van der Waals surface area contributed by atoms with E-state index in [1.807, 2.05) is 11.5 Å². The molecule has 0 unspecified atom stereocenters. The Morgan fingerprint density at radius 2 is 2.39 bits per heavy atom. The fourth-order valence-corrected chi connectivity index (χ4v) is 1.85. The monoisotopic (exact) mass is 251 g/mol. The molecule has 1 rings (SSSR count). The number of nitrogens with two attached hydrogens (primary N) is 1. The lowest BCUT2D eigenvalue weighted by molar-refractivity contribution is 0.0732. The summed E-state index contributed by atoms with van der Waals surface area (Å²) in [5.74, 6) is -0.130. The molecule has 0 spiro atoms. The van der Waals surface area contributed by atoms with Crippen LogP contribution >= 0.6 is 0 Å². The first-order chi connectivity index (χ1) is 8.63. The molecular formula is C13H21N3O2. The molecule has 0 fully saturated rings. The summed E-state index contributed by atoms with van der Waals surface area (Å²) in [5.41, 5.74) is 6.87. The van der Waals surface area contributed by atoms with E-state index in [4.69, 9.17) is 10.8 Å². The maximum Gasteiger partial charge on any atom is 0.270 e. The molecule has 1 amide bonds. The number of aliphatic hydroxyl groups is 1. The van der Waals surface area contributed by atoms with E-state index in [-0.39, 0.29) is 12.5 Å². The van der Waals surface area contributed by atoms with Gasteiger partial charge in [-0.25, -0.2) is 0 Å². The van der Waals surface area contributed by atoms with E-state index >= 15 is 0 Å². The zero-order valence-electron chi connectivity index (χ0n) is 10.8. The highest BCUT2D eigenvalue weighted by Gasteiger charge is 2.18. The lowest BCUT2D eigenvalue weighted by Crippen LogP contribution is -2.35. The molecule has 18 heavy (non-hydrogen) atoms. The molecule has 100 valence electrons. The summed E-state index contributed by atoms with van der Waals surface area (Å²) >= 11 is 0. The fourth-order valence-electron chi connectivity index (χ4n) is 1.85. The van der Waals surface area contributed by atoms with Crippen molar-refractivity contribution < 1.29 is 9.90 Å². The van der Waals surface area contributed by atoms with Crippen LogP contribution in [0.1, 0.15) is 23.8 Å². The predicted octanol–water partition coefficient (Wildman–Crippen LogP) is 1.10. The van der Waals surface area contributed by atoms with Gasteiger partial charge < -0.3 is 20.3 Å². The van der Waals surface area contributed by atoms with E-state index in [0.717, 1.165) is 13.0 Å². The number of carbonyl (C=O) groups is 1. The molecule has 0 radical (unpaired) electrons. The number of nitrogen functional groups attached to an aromatic ring is 1. The molecule has 0 atom stereocenters. The van der Waals surface area contributed by atoms with Crippen molar-refractivity contribution in [2.75, 3.05) is 25.4 Å². The predicted molar refractivity (Wildman–Crippen MR) is 72.3 cm³/mol. The van der Waals surface area contributed by atoms with Gasteiger partial charge in [-0.3, -0.25) is 4.79 Å². The molecule has 0 bridgehead atoms. The molecule has 0 saturated carbocycles. The molecular weight excluding hydrogens is 230 g/mol. The molecule has 1 aromatic rings. The summed E-state index contributed by atoms with van der Waals surface area (Å²) in [7, 11) is 0. The van der Waals surface area contributed by atoms with Crippen LogP contribution in [0.2, 0.25) is 0 Å². The number of carbonyl (C=O) groups excluding carboxylic acids is 1.